The molecule has 1 atom stereocenters. The van der Waals surface area contributed by atoms with Crippen molar-refractivity contribution in [3.63, 3.8) is 0 Å². The fourth-order valence-corrected chi connectivity index (χ4v) is 2.26. The first-order valence-corrected chi connectivity index (χ1v) is 6.62. The molecule has 0 fully saturated rings. The highest BCUT2D eigenvalue weighted by molar-refractivity contribution is 5.71. The van der Waals surface area contributed by atoms with Crippen molar-refractivity contribution in [2.75, 3.05) is 0 Å². The Morgan fingerprint density at radius 1 is 0.950 bits per heavy atom. The Morgan fingerprint density at radius 3 is 2.35 bits per heavy atom. The molecule has 1 aromatic heterocycles. The van der Waals surface area contributed by atoms with Crippen LogP contribution >= 0.6 is 0 Å². The highest BCUT2D eigenvalue weighted by Crippen LogP contribution is 2.27. The van der Waals surface area contributed by atoms with Crippen LogP contribution in [0.2, 0.25) is 0 Å². The van der Waals surface area contributed by atoms with Gasteiger partial charge in [-0.1, -0.05) is 36.4 Å². The first-order valence-electron chi connectivity index (χ1n) is 6.62. The van der Waals surface area contributed by atoms with Gasteiger partial charge in [0.1, 0.15) is 0 Å². The summed E-state index contributed by atoms with van der Waals surface area (Å²) < 4.78 is 0. The lowest BCUT2D eigenvalue weighted by Gasteiger charge is -2.09. The van der Waals surface area contributed by atoms with E-state index in [1.807, 2.05) is 30.3 Å². The van der Waals surface area contributed by atoms with E-state index in [4.69, 9.17) is 0 Å². The summed E-state index contributed by atoms with van der Waals surface area (Å²) >= 11 is 0. The summed E-state index contributed by atoms with van der Waals surface area (Å²) in [6, 6.07) is 18.2. The topological polar surface area (TPSA) is 48.9 Å². The highest BCUT2D eigenvalue weighted by atomic mass is 16.3. The maximum Gasteiger partial charge on any atom is 0.0762 e. The number of hydrogen-bond acceptors (Lipinski definition) is 2. The largest absolute Gasteiger partial charge is 0.389 e. The number of H-pyrrole nitrogens is 1. The number of aromatic nitrogens is 2. The number of aromatic amines is 1. The Labute approximate surface area is 117 Å². The molecule has 0 aliphatic carbocycles. The third kappa shape index (κ3) is 2.49. The van der Waals surface area contributed by atoms with E-state index in [2.05, 4.69) is 34.5 Å². The fraction of sp³-hybridized carbons (Fsp3) is 0.118. The van der Waals surface area contributed by atoms with Crippen molar-refractivity contribution in [3.8, 4) is 22.4 Å². The number of nitrogens with one attached hydrogen (secondary N) is 1. The molecule has 20 heavy (non-hydrogen) atoms. The van der Waals surface area contributed by atoms with Crippen LogP contribution in [0.15, 0.2) is 60.8 Å². The molecule has 0 amide bonds. The van der Waals surface area contributed by atoms with Crippen LogP contribution in [0.5, 0.6) is 0 Å². The van der Waals surface area contributed by atoms with Gasteiger partial charge in [0.15, 0.2) is 0 Å². The summed E-state index contributed by atoms with van der Waals surface area (Å²) in [6.07, 6.45) is 1.29. The molecule has 0 aliphatic rings. The van der Waals surface area contributed by atoms with Crippen molar-refractivity contribution in [3.05, 3.63) is 66.4 Å². The second-order valence-corrected chi connectivity index (χ2v) is 4.85. The Balaban J connectivity index is 2.02. The van der Waals surface area contributed by atoms with Gasteiger partial charge in [0.2, 0.25) is 0 Å². The van der Waals surface area contributed by atoms with E-state index in [0.29, 0.717) is 0 Å². The minimum absolute atomic E-state index is 0.453. The zero-order valence-corrected chi connectivity index (χ0v) is 11.2. The molecule has 0 saturated carbocycles. The standard InChI is InChI=1S/C17H16N2O/c1-12(20)13-4-2-5-14(10-13)15-6-3-7-16(11-15)17-8-9-18-19-17/h2-12,20H,1H3,(H,18,19)/t12-/m0/s1. The van der Waals surface area contributed by atoms with Crippen molar-refractivity contribution < 1.29 is 5.11 Å². The molecule has 0 spiro atoms. The molecule has 3 rings (SSSR count). The van der Waals surface area contributed by atoms with E-state index in [0.717, 1.165) is 27.9 Å². The van der Waals surface area contributed by atoms with Crippen LogP contribution in [-0.2, 0) is 0 Å². The SMILES string of the molecule is C[C@H](O)c1cccc(-c2cccc(-c3ccn[nH]3)c2)c1. The normalized spacial score (nSPS) is 12.3. The van der Waals surface area contributed by atoms with Crippen molar-refractivity contribution in [2.45, 2.75) is 13.0 Å². The summed E-state index contributed by atoms with van der Waals surface area (Å²) in [6.45, 7) is 1.78. The lowest BCUT2D eigenvalue weighted by Crippen LogP contribution is -1.91. The van der Waals surface area contributed by atoms with Gasteiger partial charge in [-0.15, -0.1) is 0 Å². The average molecular weight is 264 g/mol. The van der Waals surface area contributed by atoms with Crippen molar-refractivity contribution >= 4 is 0 Å². The Kier molecular flexibility index (Phi) is 3.35. The smallest absolute Gasteiger partial charge is 0.0762 e. The molecule has 3 heteroatoms. The van der Waals surface area contributed by atoms with Gasteiger partial charge >= 0.3 is 0 Å². The van der Waals surface area contributed by atoms with Gasteiger partial charge in [0.25, 0.3) is 0 Å². The van der Waals surface area contributed by atoms with Crippen LogP contribution in [-0.4, -0.2) is 15.3 Å². The van der Waals surface area contributed by atoms with Crippen molar-refractivity contribution in [1.29, 1.82) is 0 Å². The summed E-state index contributed by atoms with van der Waals surface area (Å²) in [5.41, 5.74) is 5.25. The maximum atomic E-state index is 9.69. The van der Waals surface area contributed by atoms with Crippen molar-refractivity contribution in [2.24, 2.45) is 0 Å². The molecule has 0 saturated heterocycles. The number of rotatable bonds is 3. The Hall–Kier alpha value is -2.39. The van der Waals surface area contributed by atoms with E-state index in [-0.39, 0.29) is 0 Å². The number of aliphatic hydroxyl groups excluding tert-OH is 1. The number of nitrogens with zero attached hydrogens (tertiary/aromatic N) is 1. The molecule has 0 aliphatic heterocycles. The van der Waals surface area contributed by atoms with Gasteiger partial charge in [-0.2, -0.15) is 5.10 Å². The van der Waals surface area contributed by atoms with Crippen LogP contribution < -0.4 is 0 Å². The summed E-state index contributed by atoms with van der Waals surface area (Å²) in [7, 11) is 0. The third-order valence-electron chi connectivity index (χ3n) is 3.38. The maximum absolute atomic E-state index is 9.69. The molecular weight excluding hydrogens is 248 g/mol. The fourth-order valence-electron chi connectivity index (χ4n) is 2.26. The molecule has 0 unspecified atom stereocenters. The van der Waals surface area contributed by atoms with E-state index >= 15 is 0 Å². The molecule has 0 bridgehead atoms. The van der Waals surface area contributed by atoms with Gasteiger partial charge in [-0.3, -0.25) is 5.10 Å². The van der Waals surface area contributed by atoms with E-state index in [1.54, 1.807) is 13.1 Å². The molecule has 1 heterocycles. The average Bonchev–Trinajstić information content (AvgIpc) is 3.02. The molecule has 2 N–H and O–H groups in total. The Bertz CT molecular complexity index is 703. The molecule has 2 aromatic carbocycles. The third-order valence-corrected chi connectivity index (χ3v) is 3.38. The van der Waals surface area contributed by atoms with Gasteiger partial charge in [0, 0.05) is 11.8 Å². The predicted molar refractivity (Wildman–Crippen MR) is 80.1 cm³/mol. The minimum Gasteiger partial charge on any atom is -0.389 e. The summed E-state index contributed by atoms with van der Waals surface area (Å²) in [5, 5.41) is 16.6. The zero-order chi connectivity index (χ0) is 13.9. The van der Waals surface area contributed by atoms with Gasteiger partial charge in [0.05, 0.1) is 11.8 Å². The molecular formula is C17H16N2O. The molecule has 0 radical (unpaired) electrons. The van der Waals surface area contributed by atoms with Crippen LogP contribution in [0.3, 0.4) is 0 Å². The van der Waals surface area contributed by atoms with Gasteiger partial charge in [-0.05, 0) is 41.8 Å². The first kappa shape index (κ1) is 12.6. The predicted octanol–water partition coefficient (Wildman–Crippen LogP) is 3.80. The number of hydrogen-bond donors (Lipinski definition) is 2. The highest BCUT2D eigenvalue weighted by Gasteiger charge is 2.05. The molecule has 3 aromatic rings. The number of benzene rings is 2. The van der Waals surface area contributed by atoms with Gasteiger partial charge in [-0.25, -0.2) is 0 Å². The number of aliphatic hydroxyl groups is 1. The van der Waals surface area contributed by atoms with Crippen LogP contribution in [0.1, 0.15) is 18.6 Å². The summed E-state index contributed by atoms with van der Waals surface area (Å²) in [4.78, 5) is 0. The van der Waals surface area contributed by atoms with E-state index < -0.39 is 6.10 Å². The second-order valence-electron chi connectivity index (χ2n) is 4.85. The monoisotopic (exact) mass is 264 g/mol. The Morgan fingerprint density at radius 2 is 1.65 bits per heavy atom. The zero-order valence-electron chi connectivity index (χ0n) is 11.2. The van der Waals surface area contributed by atoms with Crippen LogP contribution in [0, 0.1) is 0 Å². The van der Waals surface area contributed by atoms with Crippen LogP contribution in [0.4, 0.5) is 0 Å². The minimum atomic E-state index is -0.453. The first-order chi connectivity index (χ1) is 9.74. The van der Waals surface area contributed by atoms with Crippen molar-refractivity contribution in [1.82, 2.24) is 10.2 Å². The van der Waals surface area contributed by atoms with E-state index in [9.17, 15) is 5.11 Å². The lowest BCUT2D eigenvalue weighted by molar-refractivity contribution is 0.199. The molecule has 100 valence electrons. The van der Waals surface area contributed by atoms with E-state index in [1.165, 1.54) is 0 Å². The molecule has 3 nitrogen and oxygen atoms in total. The lowest BCUT2D eigenvalue weighted by atomic mass is 9.99. The van der Waals surface area contributed by atoms with Gasteiger partial charge < -0.3 is 5.11 Å². The second kappa shape index (κ2) is 5.31. The quantitative estimate of drug-likeness (QED) is 0.756. The van der Waals surface area contributed by atoms with Crippen LogP contribution in [0.25, 0.3) is 22.4 Å². The summed E-state index contributed by atoms with van der Waals surface area (Å²) in [5.74, 6) is 0.